The second-order valence-electron chi connectivity index (χ2n) is 14.9. The molecule has 0 bridgehead atoms. The fourth-order valence-electron chi connectivity index (χ4n) is 9.43. The number of rotatable bonds is 5. The maximum Gasteiger partial charge on any atom is 0.0562 e. The molecular weight excluding hydrogens is 691 g/mol. The molecule has 3 nitrogen and oxygen atoms in total. The SMILES string of the molecule is c1ccc(-c2cccc(-c3cccc(-n4c5ccccc5c5c(-n6c7ccccc7c7c(-n8c9ccccc9c9ccccc98)cccc76)cccc54)c3)c2)cc1. The van der Waals surface area contributed by atoms with E-state index in [1.807, 2.05) is 0 Å². The summed E-state index contributed by atoms with van der Waals surface area (Å²) in [6.07, 6.45) is 0. The van der Waals surface area contributed by atoms with E-state index in [1.165, 1.54) is 99.0 Å². The van der Waals surface area contributed by atoms with Crippen LogP contribution in [0.25, 0.3) is 105 Å². The van der Waals surface area contributed by atoms with Crippen LogP contribution in [0.2, 0.25) is 0 Å². The molecule has 57 heavy (non-hydrogen) atoms. The van der Waals surface area contributed by atoms with Crippen LogP contribution in [0.15, 0.2) is 212 Å². The average Bonchev–Trinajstić information content (AvgIpc) is 3.93. The van der Waals surface area contributed by atoms with Crippen molar-refractivity contribution in [2.75, 3.05) is 0 Å². The van der Waals surface area contributed by atoms with Crippen molar-refractivity contribution in [3.05, 3.63) is 212 Å². The first-order valence-corrected chi connectivity index (χ1v) is 19.6. The van der Waals surface area contributed by atoms with Gasteiger partial charge < -0.3 is 13.7 Å². The molecule has 0 aliphatic rings. The summed E-state index contributed by atoms with van der Waals surface area (Å²) >= 11 is 0. The van der Waals surface area contributed by atoms with Gasteiger partial charge in [0.15, 0.2) is 0 Å². The summed E-state index contributed by atoms with van der Waals surface area (Å²) in [5.41, 5.74) is 15.4. The molecule has 3 aromatic heterocycles. The topological polar surface area (TPSA) is 14.8 Å². The number of fused-ring (bicyclic) bond motifs is 9. The number of aromatic nitrogens is 3. The Morgan fingerprint density at radius 1 is 0.228 bits per heavy atom. The Kier molecular flexibility index (Phi) is 6.93. The third kappa shape index (κ3) is 4.73. The van der Waals surface area contributed by atoms with Gasteiger partial charge in [-0.25, -0.2) is 0 Å². The summed E-state index contributed by atoms with van der Waals surface area (Å²) in [5.74, 6) is 0. The van der Waals surface area contributed by atoms with E-state index in [9.17, 15) is 0 Å². The van der Waals surface area contributed by atoms with Gasteiger partial charge in [-0.3, -0.25) is 0 Å². The van der Waals surface area contributed by atoms with Crippen LogP contribution in [-0.2, 0) is 0 Å². The third-order valence-electron chi connectivity index (χ3n) is 11.8. The van der Waals surface area contributed by atoms with Crippen molar-refractivity contribution in [2.24, 2.45) is 0 Å². The van der Waals surface area contributed by atoms with Crippen molar-refractivity contribution in [2.45, 2.75) is 0 Å². The highest BCUT2D eigenvalue weighted by Crippen LogP contribution is 2.43. The lowest BCUT2D eigenvalue weighted by Gasteiger charge is -2.13. The molecule has 0 aliphatic carbocycles. The molecule has 0 unspecified atom stereocenters. The zero-order valence-corrected chi connectivity index (χ0v) is 31.0. The smallest absolute Gasteiger partial charge is 0.0562 e. The van der Waals surface area contributed by atoms with Crippen molar-refractivity contribution < 1.29 is 0 Å². The first kappa shape index (κ1) is 31.7. The highest BCUT2D eigenvalue weighted by Gasteiger charge is 2.22. The molecule has 3 heteroatoms. The molecule has 0 saturated heterocycles. The Balaban J connectivity index is 1.10. The normalized spacial score (nSPS) is 11.9. The zero-order chi connectivity index (χ0) is 37.5. The van der Waals surface area contributed by atoms with E-state index in [2.05, 4.69) is 226 Å². The average molecular weight is 726 g/mol. The van der Waals surface area contributed by atoms with Gasteiger partial charge in [-0.2, -0.15) is 0 Å². The lowest BCUT2D eigenvalue weighted by atomic mass is 9.99. The molecule has 3 heterocycles. The molecule has 9 aromatic carbocycles. The summed E-state index contributed by atoms with van der Waals surface area (Å²) in [5, 5.41) is 7.46. The Morgan fingerprint density at radius 3 is 1.19 bits per heavy atom. The molecule has 0 saturated carbocycles. The van der Waals surface area contributed by atoms with Gasteiger partial charge in [0, 0.05) is 38.0 Å². The molecule has 0 radical (unpaired) electrons. The third-order valence-corrected chi connectivity index (χ3v) is 11.8. The molecule has 0 atom stereocenters. The van der Waals surface area contributed by atoms with E-state index in [-0.39, 0.29) is 0 Å². The van der Waals surface area contributed by atoms with Crippen LogP contribution in [0, 0.1) is 0 Å². The van der Waals surface area contributed by atoms with Crippen molar-refractivity contribution in [1.29, 1.82) is 0 Å². The van der Waals surface area contributed by atoms with Gasteiger partial charge in [-0.15, -0.1) is 0 Å². The van der Waals surface area contributed by atoms with E-state index < -0.39 is 0 Å². The Morgan fingerprint density at radius 2 is 0.596 bits per heavy atom. The highest BCUT2D eigenvalue weighted by molar-refractivity contribution is 6.19. The summed E-state index contributed by atoms with van der Waals surface area (Å²) in [7, 11) is 0. The minimum absolute atomic E-state index is 1.14. The standard InChI is InChI=1S/C54H35N3/c1-2-16-36(17-3-1)37-18-12-19-38(34-37)39-20-13-21-40(35-39)55-47-28-10-6-24-43(47)53-49(55)30-14-32-51(53)57-48-29-11-7-25-44(48)54-50(31-15-33-52(54)57)56-45-26-8-4-22-41(45)42-23-5-9-27-46(42)56/h1-35H. The van der Waals surface area contributed by atoms with E-state index >= 15 is 0 Å². The molecule has 0 N–H and O–H groups in total. The predicted octanol–water partition coefficient (Wildman–Crippen LogP) is 14.3. The fraction of sp³-hybridized carbons (Fsp3) is 0. The predicted molar refractivity (Wildman–Crippen MR) is 240 cm³/mol. The lowest BCUT2D eigenvalue weighted by Crippen LogP contribution is -1.98. The van der Waals surface area contributed by atoms with Crippen molar-refractivity contribution in [1.82, 2.24) is 13.7 Å². The number of hydrogen-bond donors (Lipinski definition) is 0. The van der Waals surface area contributed by atoms with Crippen LogP contribution >= 0.6 is 0 Å². The number of nitrogens with zero attached hydrogens (tertiary/aromatic N) is 3. The van der Waals surface area contributed by atoms with Crippen LogP contribution < -0.4 is 0 Å². The van der Waals surface area contributed by atoms with E-state index in [1.54, 1.807) is 0 Å². The summed E-state index contributed by atoms with van der Waals surface area (Å²) < 4.78 is 7.39. The second-order valence-corrected chi connectivity index (χ2v) is 14.9. The van der Waals surface area contributed by atoms with Gasteiger partial charge in [-0.1, -0.05) is 146 Å². The number of para-hydroxylation sites is 4. The molecule has 12 aromatic rings. The Labute approximate surface area is 329 Å². The number of benzene rings is 9. The van der Waals surface area contributed by atoms with Crippen molar-refractivity contribution >= 4 is 65.4 Å². The molecule has 0 amide bonds. The van der Waals surface area contributed by atoms with Gasteiger partial charge in [0.05, 0.1) is 44.5 Å². The van der Waals surface area contributed by atoms with Gasteiger partial charge in [0.25, 0.3) is 0 Å². The minimum atomic E-state index is 1.14. The van der Waals surface area contributed by atoms with Crippen molar-refractivity contribution in [3.8, 4) is 39.3 Å². The quantitative estimate of drug-likeness (QED) is 0.168. The van der Waals surface area contributed by atoms with Crippen LogP contribution in [0.4, 0.5) is 0 Å². The minimum Gasteiger partial charge on any atom is -0.309 e. The van der Waals surface area contributed by atoms with Crippen LogP contribution in [0.1, 0.15) is 0 Å². The van der Waals surface area contributed by atoms with Crippen LogP contribution in [-0.4, -0.2) is 13.7 Å². The van der Waals surface area contributed by atoms with Gasteiger partial charge in [-0.05, 0) is 89.0 Å². The Bertz CT molecular complexity index is 3470. The van der Waals surface area contributed by atoms with Gasteiger partial charge in [0.1, 0.15) is 0 Å². The van der Waals surface area contributed by atoms with E-state index in [4.69, 9.17) is 0 Å². The van der Waals surface area contributed by atoms with Gasteiger partial charge in [0.2, 0.25) is 0 Å². The summed E-state index contributed by atoms with van der Waals surface area (Å²) in [6.45, 7) is 0. The number of hydrogen-bond acceptors (Lipinski definition) is 0. The van der Waals surface area contributed by atoms with Crippen LogP contribution in [0.3, 0.4) is 0 Å². The molecular formula is C54H35N3. The van der Waals surface area contributed by atoms with Crippen LogP contribution in [0.5, 0.6) is 0 Å². The van der Waals surface area contributed by atoms with E-state index in [0.29, 0.717) is 0 Å². The molecule has 0 aliphatic heterocycles. The lowest BCUT2D eigenvalue weighted by molar-refractivity contribution is 1.17. The fourth-order valence-corrected chi connectivity index (χ4v) is 9.43. The monoisotopic (exact) mass is 725 g/mol. The maximum absolute atomic E-state index is 2.49. The van der Waals surface area contributed by atoms with Crippen molar-refractivity contribution in [3.63, 3.8) is 0 Å². The first-order chi connectivity index (χ1) is 28.3. The highest BCUT2D eigenvalue weighted by atomic mass is 15.0. The van der Waals surface area contributed by atoms with E-state index in [0.717, 1.165) is 5.69 Å². The van der Waals surface area contributed by atoms with Gasteiger partial charge >= 0.3 is 0 Å². The molecule has 266 valence electrons. The maximum atomic E-state index is 2.49. The largest absolute Gasteiger partial charge is 0.309 e. The first-order valence-electron chi connectivity index (χ1n) is 19.6. The summed E-state index contributed by atoms with van der Waals surface area (Å²) in [4.78, 5) is 0. The Hall–Kier alpha value is -7.62. The second kappa shape index (κ2) is 12.5. The summed E-state index contributed by atoms with van der Waals surface area (Å²) in [6, 6.07) is 77.4. The molecule has 0 fully saturated rings. The molecule has 12 rings (SSSR count). The zero-order valence-electron chi connectivity index (χ0n) is 31.0. The molecule has 0 spiro atoms.